The van der Waals surface area contributed by atoms with E-state index in [4.69, 9.17) is 10.00 Å². The van der Waals surface area contributed by atoms with Crippen molar-refractivity contribution in [1.29, 1.82) is 5.26 Å². The van der Waals surface area contributed by atoms with Crippen molar-refractivity contribution in [3.05, 3.63) is 77.4 Å². The standard InChI is InChI=1S/C21H13F4NO2/c1-11(27)28-15-4-2-12(3-5-15)13-6-19(24)21(20(25)7-13)14-8-17(22)16(10-26)18(23)9-14/h2-9,11,27H,1H3. The van der Waals surface area contributed by atoms with Gasteiger partial charge in [-0.25, -0.2) is 17.6 Å². The number of benzene rings is 3. The second kappa shape index (κ2) is 7.71. The normalized spacial score (nSPS) is 11.8. The van der Waals surface area contributed by atoms with E-state index < -0.39 is 40.7 Å². The molecule has 0 heterocycles. The second-order valence-corrected chi connectivity index (χ2v) is 5.98. The summed E-state index contributed by atoms with van der Waals surface area (Å²) in [6.45, 7) is 1.44. The van der Waals surface area contributed by atoms with Crippen LogP contribution in [-0.4, -0.2) is 11.4 Å². The number of nitrogens with zero attached hydrogens (tertiary/aromatic N) is 1. The van der Waals surface area contributed by atoms with Crippen LogP contribution < -0.4 is 4.74 Å². The molecule has 1 atom stereocenters. The van der Waals surface area contributed by atoms with E-state index in [1.54, 1.807) is 12.1 Å². The molecule has 1 N–H and O–H groups in total. The Kier molecular flexibility index (Phi) is 5.34. The summed E-state index contributed by atoms with van der Waals surface area (Å²) in [5.41, 5.74) is -1.09. The molecule has 0 saturated heterocycles. The first-order valence-electron chi connectivity index (χ1n) is 8.14. The van der Waals surface area contributed by atoms with E-state index in [2.05, 4.69) is 0 Å². The van der Waals surface area contributed by atoms with E-state index in [0.717, 1.165) is 12.1 Å². The smallest absolute Gasteiger partial charge is 0.194 e. The van der Waals surface area contributed by atoms with Gasteiger partial charge in [0.15, 0.2) is 6.29 Å². The van der Waals surface area contributed by atoms with Gasteiger partial charge in [-0.05, 0) is 60.0 Å². The molecule has 0 bridgehead atoms. The Labute approximate surface area is 158 Å². The number of halogens is 4. The summed E-state index contributed by atoms with van der Waals surface area (Å²) in [7, 11) is 0. The van der Waals surface area contributed by atoms with E-state index in [1.165, 1.54) is 25.1 Å². The third-order valence-corrected chi connectivity index (χ3v) is 3.98. The highest BCUT2D eigenvalue weighted by molar-refractivity contribution is 5.72. The zero-order valence-electron chi connectivity index (χ0n) is 14.5. The van der Waals surface area contributed by atoms with Crippen molar-refractivity contribution < 1.29 is 27.4 Å². The Morgan fingerprint density at radius 2 is 1.32 bits per heavy atom. The van der Waals surface area contributed by atoms with Crippen LogP contribution in [0.5, 0.6) is 5.75 Å². The molecule has 142 valence electrons. The van der Waals surface area contributed by atoms with Crippen LogP contribution in [0.4, 0.5) is 17.6 Å². The fraction of sp³-hybridized carbons (Fsp3) is 0.0952. The Bertz CT molecular complexity index is 1030. The highest BCUT2D eigenvalue weighted by atomic mass is 19.1. The van der Waals surface area contributed by atoms with Crippen LogP contribution in [0.3, 0.4) is 0 Å². The Morgan fingerprint density at radius 1 is 0.821 bits per heavy atom. The Morgan fingerprint density at radius 3 is 1.79 bits per heavy atom. The van der Waals surface area contributed by atoms with Gasteiger partial charge in [-0.1, -0.05) is 12.1 Å². The van der Waals surface area contributed by atoms with Gasteiger partial charge in [-0.3, -0.25) is 0 Å². The van der Waals surface area contributed by atoms with Crippen molar-refractivity contribution in [3.8, 4) is 34.1 Å². The largest absolute Gasteiger partial charge is 0.465 e. The van der Waals surface area contributed by atoms with Crippen LogP contribution in [0.25, 0.3) is 22.3 Å². The highest BCUT2D eigenvalue weighted by Crippen LogP contribution is 2.33. The molecule has 3 aromatic carbocycles. The van der Waals surface area contributed by atoms with Crippen LogP contribution >= 0.6 is 0 Å². The van der Waals surface area contributed by atoms with Gasteiger partial charge in [0.2, 0.25) is 0 Å². The van der Waals surface area contributed by atoms with Gasteiger partial charge in [0.25, 0.3) is 0 Å². The van der Waals surface area contributed by atoms with Gasteiger partial charge in [0, 0.05) is 0 Å². The summed E-state index contributed by atoms with van der Waals surface area (Å²) in [6, 6.07) is 11.0. The van der Waals surface area contributed by atoms with Crippen LogP contribution in [-0.2, 0) is 0 Å². The van der Waals surface area contributed by atoms with E-state index in [-0.39, 0.29) is 11.1 Å². The number of rotatable bonds is 4. The zero-order chi connectivity index (χ0) is 20.4. The molecular weight excluding hydrogens is 374 g/mol. The minimum Gasteiger partial charge on any atom is -0.465 e. The predicted octanol–water partition coefficient (Wildman–Crippen LogP) is 5.17. The van der Waals surface area contributed by atoms with Gasteiger partial charge in [-0.15, -0.1) is 0 Å². The highest BCUT2D eigenvalue weighted by Gasteiger charge is 2.18. The number of aliphatic hydroxyl groups is 1. The van der Waals surface area contributed by atoms with Crippen molar-refractivity contribution in [2.75, 3.05) is 0 Å². The van der Waals surface area contributed by atoms with Gasteiger partial charge >= 0.3 is 0 Å². The molecule has 0 amide bonds. The average Bonchev–Trinajstić information content (AvgIpc) is 2.61. The lowest BCUT2D eigenvalue weighted by atomic mass is 9.97. The lowest BCUT2D eigenvalue weighted by Gasteiger charge is -2.11. The molecular formula is C21H13F4NO2. The summed E-state index contributed by atoms with van der Waals surface area (Å²) in [5, 5.41) is 17.9. The summed E-state index contributed by atoms with van der Waals surface area (Å²) in [5.74, 6) is -4.05. The third-order valence-electron chi connectivity index (χ3n) is 3.98. The number of ether oxygens (including phenoxy) is 1. The number of hydrogen-bond donors (Lipinski definition) is 1. The maximum atomic E-state index is 14.6. The third kappa shape index (κ3) is 3.82. The first-order valence-corrected chi connectivity index (χ1v) is 8.14. The molecule has 1 unspecified atom stereocenters. The van der Waals surface area contributed by atoms with Crippen molar-refractivity contribution >= 4 is 0 Å². The molecule has 0 fully saturated rings. The molecule has 3 nitrogen and oxygen atoms in total. The topological polar surface area (TPSA) is 53.2 Å². The maximum Gasteiger partial charge on any atom is 0.194 e. The van der Waals surface area contributed by atoms with Crippen molar-refractivity contribution in [2.24, 2.45) is 0 Å². The lowest BCUT2D eigenvalue weighted by molar-refractivity contribution is -0.000283. The SMILES string of the molecule is CC(O)Oc1ccc(-c2cc(F)c(-c3cc(F)c(C#N)c(F)c3)c(F)c2)cc1. The average molecular weight is 387 g/mol. The van der Waals surface area contributed by atoms with Gasteiger partial charge in [0.1, 0.15) is 40.7 Å². The van der Waals surface area contributed by atoms with Gasteiger partial charge < -0.3 is 9.84 Å². The maximum absolute atomic E-state index is 14.6. The molecule has 3 rings (SSSR count). The summed E-state index contributed by atoms with van der Waals surface area (Å²) >= 11 is 0. The van der Waals surface area contributed by atoms with Gasteiger partial charge in [-0.2, -0.15) is 5.26 Å². The first-order chi connectivity index (χ1) is 13.3. The number of nitriles is 1. The lowest BCUT2D eigenvalue weighted by Crippen LogP contribution is -2.09. The van der Waals surface area contributed by atoms with Crippen LogP contribution in [0.2, 0.25) is 0 Å². The van der Waals surface area contributed by atoms with Crippen LogP contribution in [0.15, 0.2) is 48.5 Å². The summed E-state index contributed by atoms with van der Waals surface area (Å²) in [6.07, 6.45) is -1.01. The molecule has 28 heavy (non-hydrogen) atoms. The fourth-order valence-corrected chi connectivity index (χ4v) is 2.76. The molecule has 7 heteroatoms. The molecule has 0 radical (unpaired) electrons. The van der Waals surface area contributed by atoms with Crippen LogP contribution in [0, 0.1) is 34.6 Å². The molecule has 0 saturated carbocycles. The summed E-state index contributed by atoms with van der Waals surface area (Å²) in [4.78, 5) is 0. The van der Waals surface area contributed by atoms with E-state index >= 15 is 0 Å². The van der Waals surface area contributed by atoms with Crippen molar-refractivity contribution in [3.63, 3.8) is 0 Å². The number of hydrogen-bond acceptors (Lipinski definition) is 3. The second-order valence-electron chi connectivity index (χ2n) is 5.98. The molecule has 0 aliphatic carbocycles. The fourth-order valence-electron chi connectivity index (χ4n) is 2.76. The minimum atomic E-state index is -1.20. The Balaban J connectivity index is 2.01. The zero-order valence-corrected chi connectivity index (χ0v) is 14.5. The molecule has 3 aromatic rings. The first kappa shape index (κ1) is 19.4. The minimum absolute atomic E-state index is 0.205. The van der Waals surface area contributed by atoms with Gasteiger partial charge in [0.05, 0.1) is 5.56 Å². The molecule has 0 aliphatic rings. The molecule has 0 aromatic heterocycles. The van der Waals surface area contributed by atoms with E-state index in [1.807, 2.05) is 0 Å². The molecule has 0 spiro atoms. The van der Waals surface area contributed by atoms with Crippen molar-refractivity contribution in [2.45, 2.75) is 13.2 Å². The van der Waals surface area contributed by atoms with Crippen molar-refractivity contribution in [1.82, 2.24) is 0 Å². The van der Waals surface area contributed by atoms with E-state index in [0.29, 0.717) is 23.4 Å². The summed E-state index contributed by atoms with van der Waals surface area (Å²) < 4.78 is 61.8. The molecule has 0 aliphatic heterocycles. The van der Waals surface area contributed by atoms with Crippen LogP contribution in [0.1, 0.15) is 12.5 Å². The van der Waals surface area contributed by atoms with E-state index in [9.17, 15) is 22.7 Å². The number of aliphatic hydroxyl groups excluding tert-OH is 1. The monoisotopic (exact) mass is 387 g/mol. The Hall–Kier alpha value is -3.37. The predicted molar refractivity (Wildman–Crippen MR) is 94.2 cm³/mol. The quantitative estimate of drug-likeness (QED) is 0.497.